The summed E-state index contributed by atoms with van der Waals surface area (Å²) >= 11 is 0. The van der Waals surface area contributed by atoms with E-state index in [0.29, 0.717) is 0 Å². The van der Waals surface area contributed by atoms with Crippen molar-refractivity contribution in [2.24, 2.45) is 7.05 Å². The molecule has 3 aromatic heterocycles. The molecular formula is C66H64N4O. The summed E-state index contributed by atoms with van der Waals surface area (Å²) in [4.78, 5) is 4.86. The molecule has 0 radical (unpaired) electrons. The van der Waals surface area contributed by atoms with Gasteiger partial charge in [0, 0.05) is 28.6 Å². The van der Waals surface area contributed by atoms with Crippen LogP contribution in [0.2, 0.25) is 0 Å². The number of hydrogen-bond acceptors (Lipinski definition) is 2. The third kappa shape index (κ3) is 6.64. The maximum Gasteiger partial charge on any atom is 0.244 e. The molecule has 5 nitrogen and oxygen atoms in total. The largest absolute Gasteiger partial charge is 0.457 e. The number of rotatable bonds is 4. The molecule has 10 aromatic rings. The van der Waals surface area contributed by atoms with Gasteiger partial charge < -0.3 is 13.9 Å². The summed E-state index contributed by atoms with van der Waals surface area (Å²) in [7, 11) is 2.13. The number of ether oxygens (including phenoxy) is 1. The predicted molar refractivity (Wildman–Crippen MR) is 293 cm³/mol. The van der Waals surface area contributed by atoms with Gasteiger partial charge in [0.05, 0.1) is 40.2 Å². The summed E-state index contributed by atoms with van der Waals surface area (Å²) in [6, 6.07) is 53.9. The number of hydrogen-bond donors (Lipinski definition) is 0. The Kier molecular flexibility index (Phi) is 9.58. The van der Waals surface area contributed by atoms with Gasteiger partial charge in [-0.05, 0) is 119 Å². The molecule has 0 unspecified atom stereocenters. The highest BCUT2D eigenvalue weighted by Crippen LogP contribution is 2.65. The van der Waals surface area contributed by atoms with Gasteiger partial charge in [-0.1, -0.05) is 186 Å². The van der Waals surface area contributed by atoms with E-state index in [9.17, 15) is 0 Å². The number of imidazole rings is 1. The molecule has 1 aliphatic carbocycles. The van der Waals surface area contributed by atoms with Crippen molar-refractivity contribution < 1.29 is 9.30 Å². The molecule has 0 bridgehead atoms. The Balaban J connectivity index is 1.19. The zero-order valence-electron chi connectivity index (χ0n) is 43.6. The number of aromatic nitrogens is 4. The fourth-order valence-corrected chi connectivity index (χ4v) is 12.0. The van der Waals surface area contributed by atoms with Crippen molar-refractivity contribution in [1.82, 2.24) is 14.1 Å². The third-order valence-electron chi connectivity index (χ3n) is 15.5. The highest BCUT2D eigenvalue weighted by molar-refractivity contribution is 6.11. The van der Waals surface area contributed by atoms with Crippen LogP contribution in [0.3, 0.4) is 0 Å². The first-order chi connectivity index (χ1) is 33.7. The summed E-state index contributed by atoms with van der Waals surface area (Å²) in [5.41, 5.74) is 19.9. The Labute approximate surface area is 419 Å². The number of nitrogens with zero attached hydrogens (tertiary/aromatic N) is 4. The Morgan fingerprint density at radius 2 is 1.17 bits per heavy atom. The lowest BCUT2D eigenvalue weighted by atomic mass is 9.60. The molecule has 0 saturated carbocycles. The topological polar surface area (TPSA) is 35.9 Å². The van der Waals surface area contributed by atoms with Crippen molar-refractivity contribution in [2.75, 3.05) is 0 Å². The quantitative estimate of drug-likeness (QED) is 0.130. The summed E-state index contributed by atoms with van der Waals surface area (Å²) in [5.74, 6) is 2.39. The summed E-state index contributed by atoms with van der Waals surface area (Å²) in [6.45, 7) is 28.6. The van der Waals surface area contributed by atoms with E-state index in [1.54, 1.807) is 0 Å². The Morgan fingerprint density at radius 3 is 1.79 bits per heavy atom. The van der Waals surface area contributed by atoms with Crippen LogP contribution >= 0.6 is 0 Å². The van der Waals surface area contributed by atoms with Crippen LogP contribution in [0.4, 0.5) is 0 Å². The minimum absolute atomic E-state index is 0.0683. The number of aryl methyl sites for hydroxylation is 1. The summed E-state index contributed by atoms with van der Waals surface area (Å²) in [6.07, 6.45) is 5.68. The first-order valence-electron chi connectivity index (χ1n) is 25.3. The van der Waals surface area contributed by atoms with Crippen LogP contribution in [-0.2, 0) is 34.1 Å². The normalized spacial score (nSPS) is 14.1. The molecule has 2 aliphatic rings. The molecule has 4 heterocycles. The fourth-order valence-electron chi connectivity index (χ4n) is 12.0. The van der Waals surface area contributed by atoms with E-state index in [-0.39, 0.29) is 21.7 Å². The second-order valence-corrected chi connectivity index (χ2v) is 24.4. The third-order valence-corrected chi connectivity index (χ3v) is 15.5. The van der Waals surface area contributed by atoms with Crippen LogP contribution in [0.5, 0.6) is 11.5 Å². The van der Waals surface area contributed by atoms with E-state index in [4.69, 9.17) is 9.72 Å². The molecule has 71 heavy (non-hydrogen) atoms. The van der Waals surface area contributed by atoms with Crippen LogP contribution in [0.25, 0.3) is 66.6 Å². The monoisotopic (exact) mass is 929 g/mol. The smallest absolute Gasteiger partial charge is 0.244 e. The Bertz CT molecular complexity index is 3740. The highest BCUT2D eigenvalue weighted by atomic mass is 16.5. The first kappa shape index (κ1) is 44.9. The molecule has 0 N–H and O–H groups in total. The fraction of sp³-hybridized carbons (Fsp3) is 0.273. The van der Waals surface area contributed by atoms with Crippen molar-refractivity contribution >= 4 is 32.8 Å². The van der Waals surface area contributed by atoms with Crippen molar-refractivity contribution in [2.45, 2.75) is 110 Å². The minimum atomic E-state index is -0.678. The minimum Gasteiger partial charge on any atom is -0.457 e. The second-order valence-electron chi connectivity index (χ2n) is 24.4. The highest BCUT2D eigenvalue weighted by Gasteiger charge is 2.54. The molecule has 12 rings (SSSR count). The molecule has 0 amide bonds. The van der Waals surface area contributed by atoms with Gasteiger partial charge in [-0.2, -0.15) is 0 Å². The average molecular weight is 929 g/mol. The standard InChI is InChI=1S/C66H64N4O/c1-62(2,3)41-32-47-48-33-42(63(4,5)6)35-52(65(10,11)12)60(48)66(59(47)51(34-41)64(7,8)9)49-30-29-43(36-56(49)69-39-68(13)54-27-21-25-50(66)61(54)69)71-57-38-55-46(37-45(57)40-22-15-14-16-23-40)44-24-17-18-26-53(44)70(55)58-28-19-20-31-67-58/h14-38H,1-13H3. The number of para-hydroxylation sites is 2. The van der Waals surface area contributed by atoms with Crippen LogP contribution in [0.1, 0.15) is 128 Å². The second kappa shape index (κ2) is 15.1. The van der Waals surface area contributed by atoms with Crippen molar-refractivity contribution in [3.8, 4) is 45.3 Å². The van der Waals surface area contributed by atoms with Gasteiger partial charge in [-0.25, -0.2) is 4.98 Å². The molecule has 1 spiro atoms. The number of benzene rings is 7. The van der Waals surface area contributed by atoms with Gasteiger partial charge in [-0.15, -0.1) is 0 Å². The van der Waals surface area contributed by atoms with Crippen molar-refractivity contribution in [3.63, 3.8) is 0 Å². The lowest BCUT2D eigenvalue weighted by Crippen LogP contribution is -2.38. The van der Waals surface area contributed by atoms with E-state index < -0.39 is 5.41 Å². The Hall–Kier alpha value is -7.24. The average Bonchev–Trinajstić information content (AvgIpc) is 3.95. The van der Waals surface area contributed by atoms with Crippen molar-refractivity contribution in [1.29, 1.82) is 0 Å². The summed E-state index contributed by atoms with van der Waals surface area (Å²) in [5, 5.41) is 2.31. The van der Waals surface area contributed by atoms with Gasteiger partial charge in [0.2, 0.25) is 6.33 Å². The molecule has 0 fully saturated rings. The molecule has 0 saturated heterocycles. The van der Waals surface area contributed by atoms with E-state index in [0.717, 1.165) is 56.1 Å². The first-order valence-corrected chi connectivity index (χ1v) is 25.3. The predicted octanol–water partition coefficient (Wildman–Crippen LogP) is 16.1. The number of pyridine rings is 1. The van der Waals surface area contributed by atoms with E-state index in [2.05, 4.69) is 250 Å². The van der Waals surface area contributed by atoms with E-state index in [1.807, 2.05) is 12.3 Å². The van der Waals surface area contributed by atoms with Gasteiger partial charge >= 0.3 is 0 Å². The SMILES string of the molecule is C[n+]1[c-]n2c3c(cccc31)C1(c3ccc(Oc4cc5c(cc4-c4ccccc4)c4ccccc4n5-c4ccccn4)cc3-2)c2c(cc(C(C)(C)C)cc2C(C)(C)C)-c2cc(C(C)(C)C)cc(C(C)(C)C)c21. The lowest BCUT2D eigenvalue weighted by Gasteiger charge is -2.45. The zero-order valence-corrected chi connectivity index (χ0v) is 43.6. The van der Waals surface area contributed by atoms with Gasteiger partial charge in [0.15, 0.2) is 0 Å². The summed E-state index contributed by atoms with van der Waals surface area (Å²) < 4.78 is 14.1. The maximum atomic E-state index is 7.40. The van der Waals surface area contributed by atoms with Crippen molar-refractivity contribution in [3.05, 3.63) is 203 Å². The van der Waals surface area contributed by atoms with Crippen LogP contribution in [0, 0.1) is 6.33 Å². The van der Waals surface area contributed by atoms with Gasteiger partial charge in [-0.3, -0.25) is 4.57 Å². The number of fused-ring (bicyclic) bond motifs is 12. The Morgan fingerprint density at radius 1 is 0.535 bits per heavy atom. The molecule has 354 valence electrons. The van der Waals surface area contributed by atoms with Crippen LogP contribution in [0.15, 0.2) is 152 Å². The maximum absolute atomic E-state index is 7.40. The lowest BCUT2D eigenvalue weighted by molar-refractivity contribution is -0.649. The zero-order chi connectivity index (χ0) is 49.7. The van der Waals surface area contributed by atoms with Gasteiger partial charge in [0.25, 0.3) is 0 Å². The molecule has 7 aromatic carbocycles. The molecule has 0 atom stereocenters. The molecule has 1 aliphatic heterocycles. The van der Waals surface area contributed by atoms with Crippen LogP contribution < -0.4 is 9.30 Å². The molecular weight excluding hydrogens is 865 g/mol. The van der Waals surface area contributed by atoms with E-state index >= 15 is 0 Å². The van der Waals surface area contributed by atoms with Gasteiger partial charge in [0.1, 0.15) is 17.3 Å². The molecule has 5 heteroatoms. The van der Waals surface area contributed by atoms with E-state index in [1.165, 1.54) is 66.5 Å². The van der Waals surface area contributed by atoms with Crippen LogP contribution in [-0.4, -0.2) is 14.1 Å².